The summed E-state index contributed by atoms with van der Waals surface area (Å²) in [5, 5.41) is 0. The molecule has 1 nitrogen and oxygen atoms in total. The van der Waals surface area contributed by atoms with E-state index in [1.165, 1.54) is 18.6 Å². The molecule has 0 N–H and O–H groups in total. The van der Waals surface area contributed by atoms with Crippen LogP contribution in [0.4, 0.5) is 4.39 Å². The van der Waals surface area contributed by atoms with Gasteiger partial charge in [-0.3, -0.25) is 0 Å². The second-order valence-electron chi connectivity index (χ2n) is 3.88. The van der Waals surface area contributed by atoms with Crippen LogP contribution in [0.25, 0.3) is 0 Å². The summed E-state index contributed by atoms with van der Waals surface area (Å²) in [5.74, 6) is -0.181. The summed E-state index contributed by atoms with van der Waals surface area (Å²) in [4.78, 5) is 0. The molecule has 0 bridgehead atoms. The molecule has 2 atom stereocenters. The molecule has 1 aromatic carbocycles. The monoisotopic (exact) mass is 320 g/mol. The molecule has 0 saturated carbocycles. The first kappa shape index (κ1) is 11.3. The molecule has 0 radical (unpaired) electrons. The first-order valence-corrected chi connectivity index (χ1v) is 6.79. The van der Waals surface area contributed by atoms with Gasteiger partial charge in [-0.1, -0.05) is 34.7 Å². The molecule has 2 rings (SSSR count). The van der Waals surface area contributed by atoms with Gasteiger partial charge in [0.15, 0.2) is 0 Å². The third kappa shape index (κ3) is 2.91. The van der Waals surface area contributed by atoms with Crippen molar-refractivity contribution in [2.24, 2.45) is 0 Å². The fourth-order valence-corrected chi connectivity index (χ4v) is 2.58. The molecule has 1 aliphatic heterocycles. The number of benzene rings is 1. The van der Waals surface area contributed by atoms with Gasteiger partial charge in [-0.05, 0) is 37.0 Å². The maximum Gasteiger partial charge on any atom is 0.123 e. The minimum Gasteiger partial charge on any atom is -0.370 e. The van der Waals surface area contributed by atoms with Gasteiger partial charge in [0.05, 0.1) is 12.2 Å². The number of alkyl halides is 1. The summed E-state index contributed by atoms with van der Waals surface area (Å²) >= 11 is 2.36. The molecule has 0 spiro atoms. The van der Waals surface area contributed by atoms with Gasteiger partial charge < -0.3 is 4.74 Å². The van der Waals surface area contributed by atoms with E-state index in [-0.39, 0.29) is 11.9 Å². The van der Waals surface area contributed by atoms with E-state index in [0.29, 0.717) is 6.10 Å². The third-order valence-corrected chi connectivity index (χ3v) is 3.75. The molecule has 1 aromatic rings. The molecule has 0 amide bonds. The maximum absolute atomic E-state index is 12.8. The summed E-state index contributed by atoms with van der Waals surface area (Å²) in [6.45, 7) is 0. The van der Waals surface area contributed by atoms with Gasteiger partial charge in [-0.15, -0.1) is 0 Å². The van der Waals surface area contributed by atoms with Crippen LogP contribution >= 0.6 is 22.6 Å². The average molecular weight is 320 g/mol. The van der Waals surface area contributed by atoms with Crippen LogP contribution in [-0.2, 0) is 4.74 Å². The molecule has 82 valence electrons. The molecule has 0 aromatic heterocycles. The molecular formula is C12H14FIO. The van der Waals surface area contributed by atoms with Crippen LogP contribution < -0.4 is 0 Å². The predicted octanol–water partition coefficient (Wildman–Crippen LogP) is 3.87. The molecule has 1 fully saturated rings. The quantitative estimate of drug-likeness (QED) is 0.594. The third-order valence-electron chi connectivity index (χ3n) is 2.76. The summed E-state index contributed by atoms with van der Waals surface area (Å²) in [6, 6.07) is 6.67. The van der Waals surface area contributed by atoms with Crippen LogP contribution in [0.5, 0.6) is 0 Å². The van der Waals surface area contributed by atoms with E-state index >= 15 is 0 Å². The Hall–Kier alpha value is -0.160. The summed E-state index contributed by atoms with van der Waals surface area (Å²) in [6.07, 6.45) is 3.95. The smallest absolute Gasteiger partial charge is 0.123 e. The molecule has 1 aliphatic rings. The van der Waals surface area contributed by atoms with Crippen molar-refractivity contribution in [1.29, 1.82) is 0 Å². The summed E-state index contributed by atoms with van der Waals surface area (Å²) in [7, 11) is 0. The lowest BCUT2D eigenvalue weighted by Crippen LogP contribution is -2.23. The van der Waals surface area contributed by atoms with Crippen LogP contribution in [-0.4, -0.2) is 10.5 Å². The van der Waals surface area contributed by atoms with Crippen LogP contribution in [0.15, 0.2) is 24.3 Å². The van der Waals surface area contributed by atoms with Crippen LogP contribution in [0.3, 0.4) is 0 Å². The Kier molecular flexibility index (Phi) is 3.97. The molecule has 1 unspecified atom stereocenters. The number of hydrogen-bond donors (Lipinski definition) is 0. The minimum absolute atomic E-state index is 0.166. The molecule has 1 saturated heterocycles. The van der Waals surface area contributed by atoms with Gasteiger partial charge in [0.25, 0.3) is 0 Å². The Morgan fingerprint density at radius 1 is 1.27 bits per heavy atom. The minimum atomic E-state index is -0.181. The van der Waals surface area contributed by atoms with Gasteiger partial charge in [0, 0.05) is 4.43 Å². The predicted molar refractivity (Wildman–Crippen MR) is 66.8 cm³/mol. The number of rotatable bonds is 2. The fourth-order valence-electron chi connectivity index (χ4n) is 1.94. The SMILES string of the molecule is Fc1ccc(C2CCC[C@@H](CI)O2)cc1. The molecule has 15 heavy (non-hydrogen) atoms. The Morgan fingerprint density at radius 2 is 2.00 bits per heavy atom. The largest absolute Gasteiger partial charge is 0.370 e. The highest BCUT2D eigenvalue weighted by Gasteiger charge is 2.22. The van der Waals surface area contributed by atoms with Crippen LogP contribution in [0, 0.1) is 5.82 Å². The Balaban J connectivity index is 2.06. The van der Waals surface area contributed by atoms with E-state index < -0.39 is 0 Å². The number of hydrogen-bond acceptors (Lipinski definition) is 1. The Bertz CT molecular complexity index is 312. The highest BCUT2D eigenvalue weighted by molar-refractivity contribution is 14.1. The average Bonchev–Trinajstić information content (AvgIpc) is 2.30. The van der Waals surface area contributed by atoms with Crippen molar-refractivity contribution in [3.8, 4) is 0 Å². The highest BCUT2D eigenvalue weighted by Crippen LogP contribution is 2.31. The van der Waals surface area contributed by atoms with Gasteiger partial charge in [-0.2, -0.15) is 0 Å². The topological polar surface area (TPSA) is 9.23 Å². The van der Waals surface area contributed by atoms with E-state index in [1.54, 1.807) is 0 Å². The molecule has 1 heterocycles. The number of halogens is 2. The summed E-state index contributed by atoms with van der Waals surface area (Å²) < 4.78 is 19.7. The lowest BCUT2D eigenvalue weighted by atomic mass is 9.99. The van der Waals surface area contributed by atoms with Gasteiger partial charge in [0.1, 0.15) is 5.82 Å². The van der Waals surface area contributed by atoms with Crippen molar-refractivity contribution < 1.29 is 9.13 Å². The van der Waals surface area contributed by atoms with E-state index in [0.717, 1.165) is 22.8 Å². The van der Waals surface area contributed by atoms with E-state index in [2.05, 4.69) is 22.6 Å². The van der Waals surface area contributed by atoms with E-state index in [1.807, 2.05) is 12.1 Å². The number of ether oxygens (including phenoxy) is 1. The molecule has 3 heteroatoms. The second-order valence-corrected chi connectivity index (χ2v) is 4.76. The van der Waals surface area contributed by atoms with Gasteiger partial charge in [-0.25, -0.2) is 4.39 Å². The van der Waals surface area contributed by atoms with Crippen molar-refractivity contribution >= 4 is 22.6 Å². The normalized spacial score (nSPS) is 26.5. The van der Waals surface area contributed by atoms with Gasteiger partial charge >= 0.3 is 0 Å². The maximum atomic E-state index is 12.8. The first-order valence-electron chi connectivity index (χ1n) is 5.26. The fraction of sp³-hybridized carbons (Fsp3) is 0.500. The first-order chi connectivity index (χ1) is 7.29. The Labute approximate surface area is 103 Å². The van der Waals surface area contributed by atoms with Crippen LogP contribution in [0.2, 0.25) is 0 Å². The van der Waals surface area contributed by atoms with E-state index in [4.69, 9.17) is 4.74 Å². The standard InChI is InChI=1S/C12H14FIO/c13-10-6-4-9(5-7-10)12-3-1-2-11(8-14)15-12/h4-7,11-12H,1-3,8H2/t11-,12?/m0/s1. The van der Waals surface area contributed by atoms with Gasteiger partial charge in [0.2, 0.25) is 0 Å². The molecular weight excluding hydrogens is 306 g/mol. The van der Waals surface area contributed by atoms with Crippen LogP contribution in [0.1, 0.15) is 30.9 Å². The zero-order valence-corrected chi connectivity index (χ0v) is 10.6. The van der Waals surface area contributed by atoms with Crippen molar-refractivity contribution in [1.82, 2.24) is 0 Å². The highest BCUT2D eigenvalue weighted by atomic mass is 127. The zero-order chi connectivity index (χ0) is 10.7. The van der Waals surface area contributed by atoms with Crippen molar-refractivity contribution in [2.75, 3.05) is 4.43 Å². The zero-order valence-electron chi connectivity index (χ0n) is 8.46. The van der Waals surface area contributed by atoms with E-state index in [9.17, 15) is 4.39 Å². The lowest BCUT2D eigenvalue weighted by molar-refractivity contribution is -0.0375. The summed E-state index contributed by atoms with van der Waals surface area (Å²) in [5.41, 5.74) is 1.10. The molecule has 0 aliphatic carbocycles. The van der Waals surface area contributed by atoms with Crippen molar-refractivity contribution in [3.05, 3.63) is 35.6 Å². The second kappa shape index (κ2) is 5.25. The van der Waals surface area contributed by atoms with Crippen molar-refractivity contribution in [2.45, 2.75) is 31.5 Å². The van der Waals surface area contributed by atoms with Crippen molar-refractivity contribution in [3.63, 3.8) is 0 Å². The Morgan fingerprint density at radius 3 is 2.67 bits per heavy atom. The lowest BCUT2D eigenvalue weighted by Gasteiger charge is -2.29.